The Bertz CT molecular complexity index is 1030. The summed E-state index contributed by atoms with van der Waals surface area (Å²) in [4.78, 5) is 26.8. The minimum atomic E-state index is -4.48. The summed E-state index contributed by atoms with van der Waals surface area (Å²) in [5.74, 6) is 1.14. The molecule has 178 valence electrons. The molecule has 1 amide bonds. The number of methoxy groups -OCH3 is 1. The summed E-state index contributed by atoms with van der Waals surface area (Å²) in [7, 11) is 3.34. The number of fused-ring (bicyclic) bond motifs is 1. The predicted molar refractivity (Wildman–Crippen MR) is 114 cm³/mol. The molecule has 0 spiro atoms. The number of halogens is 3. The van der Waals surface area contributed by atoms with E-state index in [1.165, 1.54) is 6.07 Å². The van der Waals surface area contributed by atoms with Gasteiger partial charge in [-0.1, -0.05) is 0 Å². The van der Waals surface area contributed by atoms with E-state index in [0.717, 1.165) is 12.3 Å². The number of hydrogen-bond acceptors (Lipinski definition) is 8. The zero-order chi connectivity index (χ0) is 23.9. The van der Waals surface area contributed by atoms with Crippen LogP contribution in [-0.4, -0.2) is 59.3 Å². The Hall–Kier alpha value is -3.15. The van der Waals surface area contributed by atoms with Gasteiger partial charge in [0.05, 0.1) is 18.0 Å². The lowest BCUT2D eigenvalue weighted by molar-refractivity contribution is -0.141. The number of nitrogens with one attached hydrogen (secondary N) is 2. The Labute approximate surface area is 188 Å². The summed E-state index contributed by atoms with van der Waals surface area (Å²) in [5.41, 5.74) is 0.248. The van der Waals surface area contributed by atoms with Crippen molar-refractivity contribution in [1.82, 2.24) is 15.0 Å². The largest absolute Gasteiger partial charge is 0.489 e. The summed E-state index contributed by atoms with van der Waals surface area (Å²) in [5, 5.41) is 6.14. The number of alkyl halides is 3. The fourth-order valence-corrected chi connectivity index (χ4v) is 3.96. The van der Waals surface area contributed by atoms with E-state index in [0.29, 0.717) is 41.7 Å². The molecule has 9 nitrogen and oxygen atoms in total. The van der Waals surface area contributed by atoms with Gasteiger partial charge in [0.15, 0.2) is 5.82 Å². The predicted octanol–water partition coefficient (Wildman–Crippen LogP) is 3.01. The number of pyridine rings is 1. The first-order valence-corrected chi connectivity index (χ1v) is 10.5. The highest BCUT2D eigenvalue weighted by Gasteiger charge is 2.38. The average Bonchev–Trinajstić information content (AvgIpc) is 2.72. The second-order valence-corrected chi connectivity index (χ2v) is 8.25. The van der Waals surface area contributed by atoms with Crippen molar-refractivity contribution in [2.75, 3.05) is 29.7 Å². The van der Waals surface area contributed by atoms with Crippen molar-refractivity contribution < 1.29 is 27.4 Å². The van der Waals surface area contributed by atoms with Crippen molar-refractivity contribution in [3.05, 3.63) is 29.7 Å². The number of rotatable bonds is 6. The van der Waals surface area contributed by atoms with E-state index in [9.17, 15) is 18.0 Å². The third-order valence-electron chi connectivity index (χ3n) is 5.91. The minimum absolute atomic E-state index is 0.0482. The maximum absolute atomic E-state index is 12.6. The fourth-order valence-electron chi connectivity index (χ4n) is 3.96. The van der Waals surface area contributed by atoms with E-state index < -0.39 is 17.9 Å². The zero-order valence-corrected chi connectivity index (χ0v) is 18.6. The Kier molecular flexibility index (Phi) is 6.04. The van der Waals surface area contributed by atoms with E-state index in [2.05, 4.69) is 25.6 Å². The molecule has 0 aromatic carbocycles. The van der Waals surface area contributed by atoms with E-state index in [1.54, 1.807) is 26.0 Å². The first kappa shape index (κ1) is 23.0. The summed E-state index contributed by atoms with van der Waals surface area (Å²) >= 11 is 0. The Morgan fingerprint density at radius 1 is 1.27 bits per heavy atom. The van der Waals surface area contributed by atoms with Crippen molar-refractivity contribution >= 4 is 23.4 Å². The molecule has 2 N–H and O–H groups in total. The number of anilines is 3. The van der Waals surface area contributed by atoms with Crippen LogP contribution in [0.5, 0.6) is 5.75 Å². The highest BCUT2D eigenvalue weighted by molar-refractivity contribution is 6.03. The Balaban J connectivity index is 1.38. The molecule has 3 heterocycles. The van der Waals surface area contributed by atoms with Crippen molar-refractivity contribution in [3.63, 3.8) is 0 Å². The SMILES string of the molecule is COC(C)[C@H]1C(=O)Nc2c(C)nc(NC3CC(Oc4ccc(C(F)(F)F)nc4)C3)nc2N1C. The fraction of sp³-hybridized carbons (Fsp3) is 0.524. The van der Waals surface area contributed by atoms with Gasteiger partial charge in [-0.15, -0.1) is 0 Å². The number of amides is 1. The van der Waals surface area contributed by atoms with Gasteiger partial charge in [-0.2, -0.15) is 18.2 Å². The molecule has 2 aromatic rings. The molecule has 1 saturated carbocycles. The van der Waals surface area contributed by atoms with Gasteiger partial charge in [-0.25, -0.2) is 9.97 Å². The summed E-state index contributed by atoms with van der Waals surface area (Å²) in [6.45, 7) is 3.61. The van der Waals surface area contributed by atoms with Crippen molar-refractivity contribution in [2.24, 2.45) is 0 Å². The molecule has 0 bridgehead atoms. The number of carbonyl (C=O) groups excluding carboxylic acids is 1. The van der Waals surface area contributed by atoms with Crippen molar-refractivity contribution in [2.45, 2.75) is 57.2 Å². The number of ether oxygens (including phenoxy) is 2. The Morgan fingerprint density at radius 2 is 2.00 bits per heavy atom. The molecule has 4 rings (SSSR count). The summed E-state index contributed by atoms with van der Waals surface area (Å²) in [6, 6.07) is 1.70. The molecule has 2 aliphatic rings. The van der Waals surface area contributed by atoms with Crippen molar-refractivity contribution in [3.8, 4) is 5.75 Å². The quantitative estimate of drug-likeness (QED) is 0.670. The van der Waals surface area contributed by atoms with Crippen LogP contribution in [0.3, 0.4) is 0 Å². The molecule has 2 atom stereocenters. The number of aromatic nitrogens is 3. The maximum atomic E-state index is 12.6. The molecule has 1 unspecified atom stereocenters. The number of nitrogens with zero attached hydrogens (tertiary/aromatic N) is 4. The molecule has 0 radical (unpaired) electrons. The first-order valence-electron chi connectivity index (χ1n) is 10.5. The number of aryl methyl sites for hydroxylation is 1. The highest BCUT2D eigenvalue weighted by Crippen LogP contribution is 2.35. The van der Waals surface area contributed by atoms with Gasteiger partial charge in [0, 0.05) is 33.0 Å². The molecule has 1 fully saturated rings. The number of likely N-dealkylation sites (N-methyl/N-ethyl adjacent to an activating group) is 1. The molecular weight excluding hydrogens is 441 g/mol. The normalized spacial score (nSPS) is 23.3. The van der Waals surface area contributed by atoms with Crippen LogP contribution in [0.4, 0.5) is 30.6 Å². The second kappa shape index (κ2) is 8.65. The van der Waals surface area contributed by atoms with Crippen LogP contribution in [0.15, 0.2) is 18.3 Å². The van der Waals surface area contributed by atoms with Crippen LogP contribution in [0.1, 0.15) is 31.2 Å². The minimum Gasteiger partial charge on any atom is -0.489 e. The lowest BCUT2D eigenvalue weighted by atomic mass is 9.89. The summed E-state index contributed by atoms with van der Waals surface area (Å²) in [6.07, 6.45) is -2.60. The number of carbonyl (C=O) groups is 1. The lowest BCUT2D eigenvalue weighted by Gasteiger charge is -2.38. The van der Waals surface area contributed by atoms with E-state index in [1.807, 2.05) is 6.92 Å². The van der Waals surface area contributed by atoms with Crippen LogP contribution in [-0.2, 0) is 15.7 Å². The molecule has 1 aliphatic heterocycles. The van der Waals surface area contributed by atoms with Crippen LogP contribution < -0.4 is 20.3 Å². The molecule has 33 heavy (non-hydrogen) atoms. The third-order valence-corrected chi connectivity index (χ3v) is 5.91. The smallest absolute Gasteiger partial charge is 0.433 e. The van der Waals surface area contributed by atoms with Gasteiger partial charge in [0.1, 0.15) is 29.3 Å². The monoisotopic (exact) mass is 466 g/mol. The summed E-state index contributed by atoms with van der Waals surface area (Å²) < 4.78 is 48.9. The van der Waals surface area contributed by atoms with Gasteiger partial charge in [0.2, 0.25) is 11.9 Å². The Morgan fingerprint density at radius 3 is 2.61 bits per heavy atom. The molecular formula is C21H25F3N6O3. The lowest BCUT2D eigenvalue weighted by Crippen LogP contribution is -2.53. The first-order chi connectivity index (χ1) is 15.6. The maximum Gasteiger partial charge on any atom is 0.433 e. The van der Waals surface area contributed by atoms with Crippen LogP contribution in [0.2, 0.25) is 0 Å². The van der Waals surface area contributed by atoms with Crippen LogP contribution in [0.25, 0.3) is 0 Å². The average molecular weight is 466 g/mol. The number of hydrogen-bond donors (Lipinski definition) is 2. The van der Waals surface area contributed by atoms with Gasteiger partial charge in [0.25, 0.3) is 0 Å². The highest BCUT2D eigenvalue weighted by atomic mass is 19.4. The molecule has 2 aromatic heterocycles. The topological polar surface area (TPSA) is 102 Å². The van der Waals surface area contributed by atoms with Gasteiger partial charge < -0.3 is 25.0 Å². The zero-order valence-electron chi connectivity index (χ0n) is 18.6. The third kappa shape index (κ3) is 4.65. The molecule has 1 aliphatic carbocycles. The van der Waals surface area contributed by atoms with Crippen molar-refractivity contribution in [1.29, 1.82) is 0 Å². The van der Waals surface area contributed by atoms with E-state index in [4.69, 9.17) is 9.47 Å². The van der Waals surface area contributed by atoms with E-state index >= 15 is 0 Å². The van der Waals surface area contributed by atoms with Gasteiger partial charge in [-0.3, -0.25) is 4.79 Å². The molecule has 12 heteroatoms. The van der Waals surface area contributed by atoms with Crippen LogP contribution in [0, 0.1) is 6.92 Å². The van der Waals surface area contributed by atoms with Gasteiger partial charge >= 0.3 is 6.18 Å². The molecule has 0 saturated heterocycles. The second-order valence-electron chi connectivity index (χ2n) is 8.25. The standard InChI is InChI=1S/C21H25F3N6O3/c1-10-16-18(30(3)17(11(2)32-4)19(31)28-16)29-20(26-10)27-12-7-14(8-12)33-13-5-6-15(25-9-13)21(22,23)24/h5-6,9,11-12,14,17H,7-8H2,1-4H3,(H,28,31)(H,26,27,29)/t11?,12?,14?,17-/m0/s1. The van der Waals surface area contributed by atoms with Gasteiger partial charge in [-0.05, 0) is 26.0 Å². The van der Waals surface area contributed by atoms with Crippen LogP contribution >= 0.6 is 0 Å². The van der Waals surface area contributed by atoms with E-state index in [-0.39, 0.29) is 24.2 Å².